The van der Waals surface area contributed by atoms with Crippen LogP contribution in [0.5, 0.6) is 11.5 Å². The van der Waals surface area contributed by atoms with Gasteiger partial charge in [-0.1, -0.05) is 47.8 Å². The first-order chi connectivity index (χ1) is 16.3. The molecule has 6 nitrogen and oxygen atoms in total. The minimum Gasteiger partial charge on any atom is -0.497 e. The standard InChI is InChI=1S/C27H35BrN2O4/c1-5-24(27(32)29-21-10-6-7-11-21)30(16-20-9-8-12-22(15-20)33-4)25(31)17-34-23-13-18(2)26(28)19(3)14-23/h8-9,12-15,21,24H,5-7,10-11,16-17H2,1-4H3,(H,29,32). The molecule has 2 aromatic carbocycles. The highest BCUT2D eigenvalue weighted by molar-refractivity contribution is 9.10. The fourth-order valence-corrected chi connectivity index (χ4v) is 4.70. The molecule has 2 amide bonds. The molecule has 7 heteroatoms. The molecule has 0 aromatic heterocycles. The lowest BCUT2D eigenvalue weighted by Gasteiger charge is -2.31. The molecule has 1 aliphatic rings. The Kier molecular flexibility index (Phi) is 9.39. The minimum atomic E-state index is -0.573. The Morgan fingerprint density at radius 2 is 1.79 bits per heavy atom. The highest BCUT2D eigenvalue weighted by Crippen LogP contribution is 2.27. The third-order valence-electron chi connectivity index (χ3n) is 6.35. The van der Waals surface area contributed by atoms with Gasteiger partial charge in [0.15, 0.2) is 6.61 Å². The Morgan fingerprint density at radius 1 is 1.12 bits per heavy atom. The van der Waals surface area contributed by atoms with Crippen LogP contribution in [0, 0.1) is 13.8 Å². The van der Waals surface area contributed by atoms with E-state index in [0.717, 1.165) is 46.8 Å². The predicted molar refractivity (Wildman–Crippen MR) is 137 cm³/mol. The zero-order valence-electron chi connectivity index (χ0n) is 20.5. The van der Waals surface area contributed by atoms with Crippen molar-refractivity contribution in [2.45, 2.75) is 71.5 Å². The van der Waals surface area contributed by atoms with Crippen molar-refractivity contribution in [2.75, 3.05) is 13.7 Å². The average molecular weight is 531 g/mol. The van der Waals surface area contributed by atoms with Crippen molar-refractivity contribution in [3.05, 3.63) is 57.6 Å². The number of amides is 2. The summed E-state index contributed by atoms with van der Waals surface area (Å²) in [6.45, 7) is 6.07. The lowest BCUT2D eigenvalue weighted by atomic mass is 10.1. The number of hydrogen-bond donors (Lipinski definition) is 1. The molecule has 1 fully saturated rings. The number of rotatable bonds is 10. The average Bonchev–Trinajstić information content (AvgIpc) is 3.33. The summed E-state index contributed by atoms with van der Waals surface area (Å²) in [6, 6.07) is 11.0. The van der Waals surface area contributed by atoms with E-state index in [1.54, 1.807) is 12.0 Å². The highest BCUT2D eigenvalue weighted by Gasteiger charge is 2.31. The number of benzene rings is 2. The van der Waals surface area contributed by atoms with E-state index in [-0.39, 0.29) is 24.5 Å². The van der Waals surface area contributed by atoms with Crippen LogP contribution in [-0.2, 0) is 16.1 Å². The molecule has 3 rings (SSSR count). The summed E-state index contributed by atoms with van der Waals surface area (Å²) in [4.78, 5) is 28.3. The van der Waals surface area contributed by atoms with Gasteiger partial charge in [0.1, 0.15) is 17.5 Å². The predicted octanol–water partition coefficient (Wildman–Crippen LogP) is 5.32. The Bertz CT molecular complexity index is 981. The van der Waals surface area contributed by atoms with Gasteiger partial charge in [-0.3, -0.25) is 9.59 Å². The van der Waals surface area contributed by atoms with Crippen LogP contribution >= 0.6 is 15.9 Å². The Labute approximate surface area is 211 Å². The van der Waals surface area contributed by atoms with E-state index < -0.39 is 6.04 Å². The van der Waals surface area contributed by atoms with Crippen LogP contribution in [0.4, 0.5) is 0 Å². The van der Waals surface area contributed by atoms with Crippen LogP contribution in [0.25, 0.3) is 0 Å². The normalized spacial score (nSPS) is 14.5. The van der Waals surface area contributed by atoms with E-state index >= 15 is 0 Å². The van der Waals surface area contributed by atoms with Crippen LogP contribution in [0.1, 0.15) is 55.7 Å². The SMILES string of the molecule is CCC(C(=O)NC1CCCC1)N(Cc1cccc(OC)c1)C(=O)COc1cc(C)c(Br)c(C)c1. The van der Waals surface area contributed by atoms with Gasteiger partial charge in [0.05, 0.1) is 7.11 Å². The van der Waals surface area contributed by atoms with E-state index in [2.05, 4.69) is 21.2 Å². The minimum absolute atomic E-state index is 0.0963. The third kappa shape index (κ3) is 6.75. The molecule has 0 heterocycles. The van der Waals surface area contributed by atoms with Crippen molar-refractivity contribution in [3.63, 3.8) is 0 Å². The molecule has 1 N–H and O–H groups in total. The Morgan fingerprint density at radius 3 is 2.41 bits per heavy atom. The molecule has 1 unspecified atom stereocenters. The van der Waals surface area contributed by atoms with Gasteiger partial charge in [-0.15, -0.1) is 0 Å². The van der Waals surface area contributed by atoms with Crippen LogP contribution in [0.2, 0.25) is 0 Å². The lowest BCUT2D eigenvalue weighted by molar-refractivity contribution is -0.143. The van der Waals surface area contributed by atoms with Gasteiger partial charge in [0, 0.05) is 17.1 Å². The molecule has 0 saturated heterocycles. The molecule has 1 saturated carbocycles. The summed E-state index contributed by atoms with van der Waals surface area (Å²) < 4.78 is 12.3. The van der Waals surface area contributed by atoms with Gasteiger partial charge >= 0.3 is 0 Å². The summed E-state index contributed by atoms with van der Waals surface area (Å²) in [6.07, 6.45) is 4.78. The van der Waals surface area contributed by atoms with Crippen molar-refractivity contribution in [3.8, 4) is 11.5 Å². The molecule has 2 aromatic rings. The quantitative estimate of drug-likeness (QED) is 0.451. The second-order valence-electron chi connectivity index (χ2n) is 8.95. The van der Waals surface area contributed by atoms with Crippen LogP contribution < -0.4 is 14.8 Å². The Hall–Kier alpha value is -2.54. The van der Waals surface area contributed by atoms with Gasteiger partial charge in [0.25, 0.3) is 5.91 Å². The van der Waals surface area contributed by atoms with Gasteiger partial charge in [-0.05, 0) is 74.1 Å². The maximum Gasteiger partial charge on any atom is 0.261 e. The van der Waals surface area contributed by atoms with Crippen molar-refractivity contribution < 1.29 is 19.1 Å². The van der Waals surface area contributed by atoms with Crippen LogP contribution in [0.15, 0.2) is 40.9 Å². The lowest BCUT2D eigenvalue weighted by Crippen LogP contribution is -2.52. The molecule has 0 bridgehead atoms. The first-order valence-corrected chi connectivity index (χ1v) is 12.7. The van der Waals surface area contributed by atoms with Crippen molar-refractivity contribution >= 4 is 27.7 Å². The highest BCUT2D eigenvalue weighted by atomic mass is 79.9. The number of carbonyl (C=O) groups is 2. The maximum absolute atomic E-state index is 13.4. The van der Waals surface area contributed by atoms with Crippen molar-refractivity contribution in [2.24, 2.45) is 0 Å². The second-order valence-corrected chi connectivity index (χ2v) is 9.74. The van der Waals surface area contributed by atoms with Crippen LogP contribution in [0.3, 0.4) is 0 Å². The summed E-state index contributed by atoms with van der Waals surface area (Å²) in [5.74, 6) is 1.03. The molecule has 0 spiro atoms. The molecule has 184 valence electrons. The first kappa shape index (κ1) is 26.1. The van der Waals surface area contributed by atoms with Crippen molar-refractivity contribution in [1.82, 2.24) is 10.2 Å². The van der Waals surface area contributed by atoms with Gasteiger partial charge < -0.3 is 19.7 Å². The number of ether oxygens (including phenoxy) is 2. The Balaban J connectivity index is 1.79. The molecule has 1 aliphatic carbocycles. The fourth-order valence-electron chi connectivity index (χ4n) is 4.47. The van der Waals surface area contributed by atoms with E-state index in [0.29, 0.717) is 24.5 Å². The fraction of sp³-hybridized carbons (Fsp3) is 0.481. The monoisotopic (exact) mass is 530 g/mol. The number of aryl methyl sites for hydroxylation is 2. The molecule has 0 radical (unpaired) electrons. The zero-order chi connectivity index (χ0) is 24.7. The van der Waals surface area contributed by atoms with Crippen molar-refractivity contribution in [1.29, 1.82) is 0 Å². The maximum atomic E-state index is 13.4. The van der Waals surface area contributed by atoms with Gasteiger partial charge in [-0.2, -0.15) is 0 Å². The number of methoxy groups -OCH3 is 1. The second kappa shape index (κ2) is 12.2. The van der Waals surface area contributed by atoms with E-state index in [1.807, 2.05) is 57.2 Å². The molecule has 34 heavy (non-hydrogen) atoms. The van der Waals surface area contributed by atoms with Gasteiger partial charge in [-0.25, -0.2) is 0 Å². The number of hydrogen-bond acceptors (Lipinski definition) is 4. The number of halogens is 1. The summed E-state index contributed by atoms with van der Waals surface area (Å²) in [5.41, 5.74) is 2.98. The molecule has 1 atom stereocenters. The molecular formula is C27H35BrN2O4. The largest absolute Gasteiger partial charge is 0.497 e. The summed E-state index contributed by atoms with van der Waals surface area (Å²) >= 11 is 3.56. The first-order valence-electron chi connectivity index (χ1n) is 11.9. The summed E-state index contributed by atoms with van der Waals surface area (Å²) in [5, 5.41) is 3.16. The van der Waals surface area contributed by atoms with Gasteiger partial charge in [0.2, 0.25) is 5.91 Å². The van der Waals surface area contributed by atoms with E-state index in [1.165, 1.54) is 0 Å². The smallest absolute Gasteiger partial charge is 0.261 e. The number of nitrogens with one attached hydrogen (secondary N) is 1. The number of carbonyl (C=O) groups excluding carboxylic acids is 2. The molecular weight excluding hydrogens is 496 g/mol. The van der Waals surface area contributed by atoms with E-state index in [4.69, 9.17) is 9.47 Å². The molecule has 0 aliphatic heterocycles. The van der Waals surface area contributed by atoms with Crippen LogP contribution in [-0.4, -0.2) is 42.5 Å². The van der Waals surface area contributed by atoms with E-state index in [9.17, 15) is 9.59 Å². The third-order valence-corrected chi connectivity index (χ3v) is 7.60. The summed E-state index contributed by atoms with van der Waals surface area (Å²) in [7, 11) is 1.61. The number of nitrogens with zero attached hydrogens (tertiary/aromatic N) is 1. The topological polar surface area (TPSA) is 67.9 Å². The zero-order valence-corrected chi connectivity index (χ0v) is 22.1.